The summed E-state index contributed by atoms with van der Waals surface area (Å²) in [5, 5.41) is 0. The van der Waals surface area contributed by atoms with Gasteiger partial charge in [0, 0.05) is 5.56 Å². The molecular weight excluding hydrogens is 431 g/mol. The van der Waals surface area contributed by atoms with Crippen LogP contribution in [0.15, 0.2) is 78.9 Å². The molecule has 4 nitrogen and oxygen atoms in total. The van der Waals surface area contributed by atoms with Crippen LogP contribution in [0.2, 0.25) is 0 Å². The van der Waals surface area contributed by atoms with E-state index in [1.165, 1.54) is 0 Å². The predicted molar refractivity (Wildman–Crippen MR) is 135 cm³/mol. The summed E-state index contributed by atoms with van der Waals surface area (Å²) < 4.78 is 31.7. The van der Waals surface area contributed by atoms with Gasteiger partial charge in [-0.05, 0) is 33.6 Å². The molecule has 0 amide bonds. The normalized spacial score (nSPS) is 12.5. The topological polar surface area (TPSA) is 44.8 Å². The third kappa shape index (κ3) is 7.04. The molecule has 0 fully saturated rings. The summed E-state index contributed by atoms with van der Waals surface area (Å²) in [5.41, 5.74) is 3.59. The molecule has 3 aromatic carbocycles. The first kappa shape index (κ1) is 25.2. The molecule has 0 atom stereocenters. The van der Waals surface area contributed by atoms with Crippen molar-refractivity contribution in [2.24, 2.45) is 0 Å². The van der Waals surface area contributed by atoms with E-state index in [0.717, 1.165) is 22.3 Å². The molecule has 3 aromatic rings. The van der Waals surface area contributed by atoms with Crippen molar-refractivity contribution in [3.8, 4) is 5.75 Å². The predicted octanol–water partition coefficient (Wildman–Crippen LogP) is 8.20. The average Bonchev–Trinajstić information content (AvgIpc) is 2.76. The smallest absolute Gasteiger partial charge is 0.404 e. The summed E-state index contributed by atoms with van der Waals surface area (Å²) >= 11 is 0. The van der Waals surface area contributed by atoms with Gasteiger partial charge in [0.05, 0.1) is 13.2 Å². The van der Waals surface area contributed by atoms with Crippen molar-refractivity contribution in [2.45, 2.75) is 65.6 Å². The highest BCUT2D eigenvalue weighted by atomic mass is 31.2. The number of hydrogen-bond acceptors (Lipinski definition) is 4. The van der Waals surface area contributed by atoms with Crippen LogP contribution in [0.4, 0.5) is 0 Å². The monoisotopic (exact) mass is 466 g/mol. The number of hydrogen-bond donors (Lipinski definition) is 0. The molecule has 0 aliphatic carbocycles. The van der Waals surface area contributed by atoms with Gasteiger partial charge in [0.15, 0.2) is 0 Å². The van der Waals surface area contributed by atoms with Crippen LogP contribution < -0.4 is 4.52 Å². The average molecular weight is 467 g/mol. The van der Waals surface area contributed by atoms with Crippen LogP contribution in [0.25, 0.3) is 0 Å². The van der Waals surface area contributed by atoms with Crippen LogP contribution in [0.1, 0.15) is 63.8 Å². The highest BCUT2D eigenvalue weighted by molar-refractivity contribution is 7.48. The van der Waals surface area contributed by atoms with E-state index in [1.54, 1.807) is 0 Å². The summed E-state index contributed by atoms with van der Waals surface area (Å²) in [6.45, 7) is 13.1. The zero-order chi connectivity index (χ0) is 24.1. The molecule has 3 rings (SSSR count). The molecule has 5 heteroatoms. The molecule has 0 radical (unpaired) electrons. The van der Waals surface area contributed by atoms with Gasteiger partial charge in [-0.15, -0.1) is 0 Å². The number of benzene rings is 3. The van der Waals surface area contributed by atoms with E-state index in [-0.39, 0.29) is 24.0 Å². The van der Waals surface area contributed by atoms with E-state index in [2.05, 4.69) is 47.6 Å². The molecule has 33 heavy (non-hydrogen) atoms. The molecule has 0 saturated carbocycles. The first-order valence-corrected chi connectivity index (χ1v) is 12.7. The zero-order valence-corrected chi connectivity index (χ0v) is 21.4. The zero-order valence-electron chi connectivity index (χ0n) is 20.5. The maximum absolute atomic E-state index is 13.9. The van der Waals surface area contributed by atoms with Gasteiger partial charge in [0.2, 0.25) is 0 Å². The minimum atomic E-state index is -3.94. The van der Waals surface area contributed by atoms with E-state index in [0.29, 0.717) is 5.75 Å². The Labute approximate surface area is 198 Å². The second-order valence-electron chi connectivity index (χ2n) is 10.2. The summed E-state index contributed by atoms with van der Waals surface area (Å²) in [7, 11) is -3.94. The van der Waals surface area contributed by atoms with E-state index >= 15 is 0 Å². The third-order valence-electron chi connectivity index (χ3n) is 5.26. The minimum Gasteiger partial charge on any atom is -0.404 e. The minimum absolute atomic E-state index is 0.109. The third-order valence-corrected chi connectivity index (χ3v) is 6.57. The second kappa shape index (κ2) is 10.3. The standard InChI is InChI=1S/C28H35O4P/c1-27(2,3)24-18-13-19-25(26(24)28(4,5)6)32-33(29,30-20-22-14-9-7-10-15-22)31-21-23-16-11-8-12-17-23/h7-19H,20-21H2,1-6H3. The molecule has 0 spiro atoms. The van der Waals surface area contributed by atoms with Crippen LogP contribution in [-0.4, -0.2) is 0 Å². The lowest BCUT2D eigenvalue weighted by molar-refractivity contribution is 0.142. The van der Waals surface area contributed by atoms with Gasteiger partial charge >= 0.3 is 7.82 Å². The quantitative estimate of drug-likeness (QED) is 0.314. The first-order chi connectivity index (χ1) is 15.5. The molecular formula is C28H35O4P. The van der Waals surface area contributed by atoms with Crippen molar-refractivity contribution in [1.29, 1.82) is 0 Å². The van der Waals surface area contributed by atoms with Crippen molar-refractivity contribution in [3.05, 3.63) is 101 Å². The Morgan fingerprint density at radius 3 is 1.55 bits per heavy atom. The Morgan fingerprint density at radius 1 is 0.636 bits per heavy atom. The van der Waals surface area contributed by atoms with Crippen molar-refractivity contribution in [2.75, 3.05) is 0 Å². The summed E-state index contributed by atoms with van der Waals surface area (Å²) in [5.74, 6) is 0.527. The van der Waals surface area contributed by atoms with Gasteiger partial charge in [-0.25, -0.2) is 4.57 Å². The molecule has 0 saturated heterocycles. The maximum atomic E-state index is 13.9. The Balaban J connectivity index is 1.96. The first-order valence-electron chi connectivity index (χ1n) is 11.3. The van der Waals surface area contributed by atoms with Crippen LogP contribution >= 0.6 is 7.82 Å². The molecule has 0 aliphatic rings. The maximum Gasteiger partial charge on any atom is 0.530 e. The SMILES string of the molecule is CC(C)(C)c1cccc(OP(=O)(OCc2ccccc2)OCc2ccccc2)c1C(C)(C)C. The van der Waals surface area contributed by atoms with E-state index < -0.39 is 7.82 Å². The molecule has 0 aliphatic heterocycles. The highest BCUT2D eigenvalue weighted by Gasteiger charge is 2.34. The van der Waals surface area contributed by atoms with Crippen LogP contribution in [0.5, 0.6) is 5.75 Å². The van der Waals surface area contributed by atoms with E-state index in [9.17, 15) is 4.57 Å². The lowest BCUT2D eigenvalue weighted by atomic mass is 9.75. The molecule has 0 bridgehead atoms. The highest BCUT2D eigenvalue weighted by Crippen LogP contribution is 2.53. The van der Waals surface area contributed by atoms with Crippen LogP contribution in [0, 0.1) is 0 Å². The fourth-order valence-corrected chi connectivity index (χ4v) is 4.86. The Morgan fingerprint density at radius 2 is 1.12 bits per heavy atom. The number of phosphoric ester groups is 1. The van der Waals surface area contributed by atoms with Gasteiger partial charge in [0.1, 0.15) is 5.75 Å². The molecule has 176 valence electrons. The van der Waals surface area contributed by atoms with Gasteiger partial charge in [-0.1, -0.05) is 114 Å². The van der Waals surface area contributed by atoms with Gasteiger partial charge in [-0.2, -0.15) is 0 Å². The van der Waals surface area contributed by atoms with Crippen LogP contribution in [0.3, 0.4) is 0 Å². The summed E-state index contributed by atoms with van der Waals surface area (Å²) in [6.07, 6.45) is 0. The fourth-order valence-electron chi connectivity index (χ4n) is 3.67. The molecule has 0 N–H and O–H groups in total. The fraction of sp³-hybridized carbons (Fsp3) is 0.357. The van der Waals surface area contributed by atoms with Crippen molar-refractivity contribution in [1.82, 2.24) is 0 Å². The Kier molecular flexibility index (Phi) is 7.84. The van der Waals surface area contributed by atoms with E-state index in [4.69, 9.17) is 13.6 Å². The van der Waals surface area contributed by atoms with Gasteiger partial charge < -0.3 is 4.52 Å². The van der Waals surface area contributed by atoms with Crippen LogP contribution in [-0.2, 0) is 37.7 Å². The van der Waals surface area contributed by atoms with E-state index in [1.807, 2.05) is 72.8 Å². The van der Waals surface area contributed by atoms with Gasteiger partial charge in [0.25, 0.3) is 0 Å². The molecule has 0 unspecified atom stereocenters. The van der Waals surface area contributed by atoms with Crippen molar-refractivity contribution in [3.63, 3.8) is 0 Å². The summed E-state index contributed by atoms with van der Waals surface area (Å²) in [4.78, 5) is 0. The summed E-state index contributed by atoms with van der Waals surface area (Å²) in [6, 6.07) is 25.1. The second-order valence-corrected chi connectivity index (χ2v) is 11.8. The Bertz CT molecular complexity index is 1030. The molecule has 0 aromatic heterocycles. The van der Waals surface area contributed by atoms with Gasteiger partial charge in [-0.3, -0.25) is 9.05 Å². The van der Waals surface area contributed by atoms with Crippen molar-refractivity contribution >= 4 is 7.82 Å². The lowest BCUT2D eigenvalue weighted by Gasteiger charge is -2.32. The number of phosphoric acid groups is 1. The number of rotatable bonds is 8. The lowest BCUT2D eigenvalue weighted by Crippen LogP contribution is -2.23. The Hall–Kier alpha value is -2.39. The largest absolute Gasteiger partial charge is 0.530 e. The molecule has 0 heterocycles. The van der Waals surface area contributed by atoms with Crippen molar-refractivity contribution < 1.29 is 18.1 Å².